The van der Waals surface area contributed by atoms with Crippen molar-refractivity contribution >= 4 is 77.6 Å². The first-order chi connectivity index (χ1) is 60.0. The van der Waals surface area contributed by atoms with Crippen molar-refractivity contribution in [3.05, 3.63) is 0 Å². The smallest absolute Gasteiger partial charge is 0.425 e. The molecule has 1 saturated heterocycles. The Morgan fingerprint density at radius 3 is 0.837 bits per heavy atom. The topological polar surface area (TPSA) is 463 Å². The average Bonchev–Trinajstić information content (AvgIpc) is 1.54. The average molecular weight is 1960 g/mol. The second-order valence-electron chi connectivity index (χ2n) is 45.3. The maximum Gasteiger partial charge on any atom is 0.425 e. The first-order valence-corrected chi connectivity index (χ1v) is 45.9. The van der Waals surface area contributed by atoms with Crippen LogP contribution < -0.4 is 0 Å². The number of hydrogen-bond acceptors (Lipinski definition) is 32. The van der Waals surface area contributed by atoms with Crippen LogP contribution in [0.1, 0.15) is 328 Å². The van der Waals surface area contributed by atoms with Crippen molar-refractivity contribution in [2.45, 2.75) is 398 Å². The summed E-state index contributed by atoms with van der Waals surface area (Å²) in [6.45, 7) is 63.6. The van der Waals surface area contributed by atoms with E-state index in [2.05, 4.69) is 4.74 Å². The molecule has 38 heteroatoms. The minimum Gasteiger partial charge on any atom is -0.465 e. The van der Waals surface area contributed by atoms with E-state index >= 15 is 0 Å². The van der Waals surface area contributed by atoms with Crippen molar-refractivity contribution in [2.24, 2.45) is 83.7 Å². The third-order valence-corrected chi connectivity index (χ3v) is 23.4. The molecule has 9 unspecified atom stereocenters. The molecule has 3 rings (SSSR count). The van der Waals surface area contributed by atoms with E-state index in [9.17, 15) is 119 Å². The lowest BCUT2D eigenvalue weighted by Crippen LogP contribution is -2.46. The molecule has 0 radical (unpaired) electrons. The molecule has 9 atom stereocenters. The van der Waals surface area contributed by atoms with Gasteiger partial charge in [0.2, 0.25) is 0 Å². The molecule has 0 aromatic carbocycles. The van der Waals surface area contributed by atoms with Gasteiger partial charge in [-0.25, -0.2) is 24.0 Å². The Hall–Kier alpha value is -7.55. The van der Waals surface area contributed by atoms with E-state index in [4.69, 9.17) is 56.8 Å². The van der Waals surface area contributed by atoms with Crippen molar-refractivity contribution in [3.63, 3.8) is 0 Å². The number of rotatable bonds is 43. The van der Waals surface area contributed by atoms with Crippen molar-refractivity contribution in [2.75, 3.05) is 59.5 Å². The Kier molecular flexibility index (Phi) is 49.8. The summed E-state index contributed by atoms with van der Waals surface area (Å²) in [6.07, 6.45) is -10.5. The molecule has 2 bridgehead atoms. The van der Waals surface area contributed by atoms with E-state index in [0.717, 1.165) is 6.92 Å². The molecule has 2 aliphatic carbocycles. The Balaban J connectivity index is -0.00000156. The van der Waals surface area contributed by atoms with Gasteiger partial charge in [0.25, 0.3) is 0 Å². The van der Waals surface area contributed by atoms with Crippen molar-refractivity contribution in [1.29, 1.82) is 0 Å². The Morgan fingerprint density at radius 1 is 0.348 bits per heavy atom. The molecule has 0 aromatic rings. The summed E-state index contributed by atoms with van der Waals surface area (Å²) >= 11 is 0. The maximum atomic E-state index is 12.8. The number of halogens is 6. The van der Waals surface area contributed by atoms with Crippen LogP contribution in [0.2, 0.25) is 0 Å². The summed E-state index contributed by atoms with van der Waals surface area (Å²) in [7, 11) is 0. The van der Waals surface area contributed by atoms with Gasteiger partial charge in [-0.05, 0) is 230 Å². The van der Waals surface area contributed by atoms with Crippen LogP contribution in [-0.2, 0) is 124 Å². The number of ether oxygens (including phenoxy) is 13. The molecule has 6 N–H and O–H groups in total. The number of aliphatic hydroxyl groups is 6. The van der Waals surface area contributed by atoms with Gasteiger partial charge < -0.3 is 92.2 Å². The van der Waals surface area contributed by atoms with Crippen LogP contribution in [0, 0.1) is 83.7 Å². The molecule has 2 saturated carbocycles. The summed E-state index contributed by atoms with van der Waals surface area (Å²) in [5.74, 6) is -10.5. The lowest BCUT2D eigenvalue weighted by atomic mass is 9.78. The summed E-state index contributed by atoms with van der Waals surface area (Å²) in [6, 6.07) is 0. The Bertz CT molecular complexity index is 3650. The fourth-order valence-corrected chi connectivity index (χ4v) is 10.7. The van der Waals surface area contributed by atoms with Gasteiger partial charge in [0.1, 0.15) is 38.1 Å². The zero-order valence-corrected chi connectivity index (χ0v) is 88.0. The largest absolute Gasteiger partial charge is 0.465 e. The number of alkyl halides is 6. The van der Waals surface area contributed by atoms with Gasteiger partial charge in [-0.3, -0.25) is 38.4 Å². The zero-order valence-electron chi connectivity index (χ0n) is 88.0. The Morgan fingerprint density at radius 2 is 0.593 bits per heavy atom. The summed E-state index contributed by atoms with van der Waals surface area (Å²) < 4.78 is 144. The SMILES string of the molecule is CCC(C)(C)C(=O)OC(CC(C)C)CC(C)(O)C(F)(F)F.CCC(C)(C)C(=O)OC1C2CC3C1OC(=O)C3C2C(=O)OC(C)C(F)(F)F.CCC(C)(C)C(=O)OCC(C)(C)COC(=O)C(C)(C)O.CCC(C)(C)C(=O)OCC(C)(C)COC(=O)C(C)(C)O.CCC(C)(C)C(=O)OCC(C)(C)COC(=O)C(C)(C)O.CCC(C)(C)C(=O)OCC(C)(COC(=O)C(C)(C)O)COC(=O)C(C)(C)O. The van der Waals surface area contributed by atoms with Gasteiger partial charge >= 0.3 is 90.0 Å². The summed E-state index contributed by atoms with van der Waals surface area (Å²) in [4.78, 5) is 155. The minimum atomic E-state index is -4.76. The maximum absolute atomic E-state index is 12.8. The standard InChI is InChI=1S/C19H34O8.C18H23F3O6.C15H27F3O3.3C15H28O5/c1-9-16(2,3)13(20)25-10-19(8,11-26-14(21)17(4,5)23)12-27-15(22)18(6,7)24;1-5-17(3,4)16(24)27-13-9-6-8-11(15(23)26-12(8)13)10(9)14(22)25-7(2)18(19,20)21;1-7-13(4,5)12(19)21-11(8-10(2)3)9-14(6,20)15(16,17)18;3*1-8-14(4,5)11(16)19-9-13(2,3)10-20-12(17)15(6,7)18/h23-24H,9-12H2,1-8H3;7-13H,5-6H2,1-4H3;10-11,20H,7-9H2,1-6H3;3*18H,8-10H2,1-7H3. The zero-order chi connectivity index (χ0) is 108. The van der Waals surface area contributed by atoms with Gasteiger partial charge in [0, 0.05) is 34.5 Å². The number of esters is 13. The van der Waals surface area contributed by atoms with E-state index in [0.29, 0.717) is 51.9 Å². The summed E-state index contributed by atoms with van der Waals surface area (Å²) in [5, 5.41) is 57.4. The van der Waals surface area contributed by atoms with Crippen LogP contribution in [-0.4, -0.2) is 238 Å². The second-order valence-corrected chi connectivity index (χ2v) is 45.3. The van der Waals surface area contributed by atoms with Gasteiger partial charge in [-0.2, -0.15) is 26.3 Å². The minimum absolute atomic E-state index is 0.0524. The fourth-order valence-electron chi connectivity index (χ4n) is 10.7. The molecule has 0 amide bonds. The number of fused-ring (bicyclic) bond motifs is 1. The molecular formula is C97H168F6O32. The molecule has 790 valence electrons. The van der Waals surface area contributed by atoms with Crippen LogP contribution in [0.5, 0.6) is 0 Å². The molecule has 1 heterocycles. The third kappa shape index (κ3) is 45.9. The van der Waals surface area contributed by atoms with Crippen LogP contribution in [0.15, 0.2) is 0 Å². The van der Waals surface area contributed by atoms with E-state index < -0.39 is 208 Å². The normalized spacial score (nSPS) is 18.3. The van der Waals surface area contributed by atoms with Gasteiger partial charge in [0.05, 0.1) is 89.4 Å². The fraction of sp³-hybridized carbons (Fsp3) is 0.866. The first kappa shape index (κ1) is 132. The second kappa shape index (κ2) is 51.0. The first-order valence-electron chi connectivity index (χ1n) is 45.9. The van der Waals surface area contributed by atoms with E-state index in [1.807, 2.05) is 138 Å². The van der Waals surface area contributed by atoms with Crippen molar-refractivity contribution < 1.29 is 181 Å². The predicted molar refractivity (Wildman–Crippen MR) is 485 cm³/mol. The predicted octanol–water partition coefficient (Wildman–Crippen LogP) is 15.2. The third-order valence-electron chi connectivity index (χ3n) is 23.4. The van der Waals surface area contributed by atoms with Crippen LogP contribution >= 0.6 is 0 Å². The van der Waals surface area contributed by atoms with Crippen LogP contribution in [0.3, 0.4) is 0 Å². The molecule has 3 aliphatic rings. The number of carbonyl (C=O) groups excluding carboxylic acids is 13. The number of hydrogen-bond donors (Lipinski definition) is 6. The van der Waals surface area contributed by atoms with Crippen LogP contribution in [0.25, 0.3) is 0 Å². The molecule has 135 heavy (non-hydrogen) atoms. The quantitative estimate of drug-likeness (QED) is 0.0188. The molecular weight excluding hydrogens is 1790 g/mol. The molecule has 3 fully saturated rings. The molecule has 0 aromatic heterocycles. The molecule has 32 nitrogen and oxygen atoms in total. The highest BCUT2D eigenvalue weighted by Crippen LogP contribution is 2.59. The Labute approximate surface area is 796 Å². The van der Waals surface area contributed by atoms with Gasteiger partial charge in [-0.1, -0.05) is 96.9 Å². The summed E-state index contributed by atoms with van der Waals surface area (Å²) in [5.41, 5.74) is -17.1. The van der Waals surface area contributed by atoms with E-state index in [1.165, 1.54) is 69.2 Å². The van der Waals surface area contributed by atoms with Crippen molar-refractivity contribution in [3.8, 4) is 0 Å². The highest BCUT2D eigenvalue weighted by atomic mass is 19.4. The molecule has 1 aliphatic heterocycles. The van der Waals surface area contributed by atoms with Gasteiger partial charge in [0.15, 0.2) is 39.7 Å². The van der Waals surface area contributed by atoms with Gasteiger partial charge in [-0.15, -0.1) is 0 Å². The highest BCUT2D eigenvalue weighted by molar-refractivity contribution is 5.87. The lowest BCUT2D eigenvalue weighted by molar-refractivity contribution is -0.262. The van der Waals surface area contributed by atoms with Crippen LogP contribution in [0.4, 0.5) is 26.3 Å². The van der Waals surface area contributed by atoms with E-state index in [-0.39, 0.29) is 95.6 Å². The molecule has 0 spiro atoms. The van der Waals surface area contributed by atoms with Crippen molar-refractivity contribution in [1.82, 2.24) is 0 Å². The lowest BCUT2D eigenvalue weighted by Gasteiger charge is -2.33. The van der Waals surface area contributed by atoms with E-state index in [1.54, 1.807) is 48.5 Å². The highest BCUT2D eigenvalue weighted by Gasteiger charge is 2.71. The monoisotopic (exact) mass is 1960 g/mol. The number of carbonyl (C=O) groups is 13.